The van der Waals surface area contributed by atoms with Crippen LogP contribution in [0.2, 0.25) is 0 Å². The maximum Gasteiger partial charge on any atom is 0.250 e. The van der Waals surface area contributed by atoms with Gasteiger partial charge in [-0.2, -0.15) is 0 Å². The molecular weight excluding hydrogens is 238 g/mol. The second kappa shape index (κ2) is 5.44. The number of hydrogen-bond acceptors (Lipinski definition) is 3. The molecule has 0 aliphatic rings. The third-order valence-corrected chi connectivity index (χ3v) is 2.98. The van der Waals surface area contributed by atoms with E-state index in [-0.39, 0.29) is 6.04 Å². The molecule has 0 bridgehead atoms. The average molecular weight is 255 g/mol. The zero-order chi connectivity index (χ0) is 13.8. The Bertz CT molecular complexity index is 581. The zero-order valence-corrected chi connectivity index (χ0v) is 10.8. The molecule has 1 amide bonds. The minimum Gasteiger partial charge on any atom is -0.399 e. The Labute approximate surface area is 112 Å². The smallest absolute Gasteiger partial charge is 0.250 e. The monoisotopic (exact) mass is 255 g/mol. The van der Waals surface area contributed by atoms with E-state index >= 15 is 0 Å². The predicted molar refractivity (Wildman–Crippen MR) is 77.9 cm³/mol. The lowest BCUT2D eigenvalue weighted by Crippen LogP contribution is -2.16. The Morgan fingerprint density at radius 2 is 1.84 bits per heavy atom. The van der Waals surface area contributed by atoms with E-state index in [0.29, 0.717) is 16.9 Å². The van der Waals surface area contributed by atoms with Gasteiger partial charge in [0.2, 0.25) is 0 Å². The molecule has 0 aromatic heterocycles. The van der Waals surface area contributed by atoms with E-state index in [1.54, 1.807) is 18.2 Å². The lowest BCUT2D eigenvalue weighted by molar-refractivity contribution is 0.100. The highest BCUT2D eigenvalue weighted by molar-refractivity contribution is 5.99. The van der Waals surface area contributed by atoms with Gasteiger partial charge in [-0.3, -0.25) is 4.79 Å². The van der Waals surface area contributed by atoms with Gasteiger partial charge in [-0.15, -0.1) is 0 Å². The summed E-state index contributed by atoms with van der Waals surface area (Å²) >= 11 is 0. The van der Waals surface area contributed by atoms with E-state index < -0.39 is 5.91 Å². The molecule has 5 N–H and O–H groups in total. The first kappa shape index (κ1) is 13.0. The van der Waals surface area contributed by atoms with Gasteiger partial charge in [0.15, 0.2) is 0 Å². The molecule has 2 rings (SSSR count). The minimum atomic E-state index is -0.491. The largest absolute Gasteiger partial charge is 0.399 e. The van der Waals surface area contributed by atoms with Crippen LogP contribution >= 0.6 is 0 Å². The lowest BCUT2D eigenvalue weighted by atomic mass is 10.1. The molecular formula is C15H17N3O. The number of nitrogens with one attached hydrogen (secondary N) is 1. The van der Waals surface area contributed by atoms with Crippen molar-refractivity contribution >= 4 is 17.3 Å². The molecule has 0 spiro atoms. The van der Waals surface area contributed by atoms with Gasteiger partial charge in [0.05, 0.1) is 5.56 Å². The summed E-state index contributed by atoms with van der Waals surface area (Å²) in [5.41, 5.74) is 13.8. The van der Waals surface area contributed by atoms with Crippen LogP contribution in [0.5, 0.6) is 0 Å². The van der Waals surface area contributed by atoms with Crippen molar-refractivity contribution in [2.24, 2.45) is 5.73 Å². The molecule has 4 nitrogen and oxygen atoms in total. The first-order chi connectivity index (χ1) is 9.08. The molecule has 98 valence electrons. The molecule has 19 heavy (non-hydrogen) atoms. The predicted octanol–water partition coefficient (Wildman–Crippen LogP) is 2.54. The lowest BCUT2D eigenvalue weighted by Gasteiger charge is -2.17. The Balaban J connectivity index is 2.26. The van der Waals surface area contributed by atoms with Crippen LogP contribution in [-0.2, 0) is 0 Å². The van der Waals surface area contributed by atoms with Crippen LogP contribution in [0.15, 0.2) is 48.5 Å². The molecule has 0 unspecified atom stereocenters. The van der Waals surface area contributed by atoms with Crippen molar-refractivity contribution in [2.45, 2.75) is 13.0 Å². The van der Waals surface area contributed by atoms with Gasteiger partial charge < -0.3 is 16.8 Å². The third-order valence-electron chi connectivity index (χ3n) is 2.98. The van der Waals surface area contributed by atoms with Gasteiger partial charge in [0.1, 0.15) is 0 Å². The fraction of sp³-hybridized carbons (Fsp3) is 0.133. The molecule has 0 aliphatic heterocycles. The van der Waals surface area contributed by atoms with Crippen LogP contribution in [0.4, 0.5) is 11.4 Å². The summed E-state index contributed by atoms with van der Waals surface area (Å²) in [6.45, 7) is 2.02. The highest BCUT2D eigenvalue weighted by atomic mass is 16.1. The Morgan fingerprint density at radius 3 is 2.47 bits per heavy atom. The van der Waals surface area contributed by atoms with Crippen molar-refractivity contribution in [3.63, 3.8) is 0 Å². The summed E-state index contributed by atoms with van der Waals surface area (Å²) in [5, 5.41) is 3.28. The van der Waals surface area contributed by atoms with Gasteiger partial charge in [-0.05, 0) is 30.7 Å². The van der Waals surface area contributed by atoms with Gasteiger partial charge >= 0.3 is 0 Å². The Kier molecular flexibility index (Phi) is 3.71. The van der Waals surface area contributed by atoms with E-state index in [1.807, 2.05) is 37.3 Å². The highest BCUT2D eigenvalue weighted by Crippen LogP contribution is 2.24. The van der Waals surface area contributed by atoms with Crippen molar-refractivity contribution in [3.8, 4) is 0 Å². The fourth-order valence-electron chi connectivity index (χ4n) is 1.95. The van der Waals surface area contributed by atoms with Crippen LogP contribution < -0.4 is 16.8 Å². The number of rotatable bonds is 4. The number of carbonyl (C=O) groups excluding carboxylic acids is 1. The van der Waals surface area contributed by atoms with Gasteiger partial charge in [0.25, 0.3) is 5.91 Å². The molecule has 0 radical (unpaired) electrons. The van der Waals surface area contributed by atoms with Crippen LogP contribution in [-0.4, -0.2) is 5.91 Å². The molecule has 1 atom stereocenters. The SMILES string of the molecule is C[C@H](Nc1ccc(N)cc1C(N)=O)c1ccccc1. The van der Waals surface area contributed by atoms with Gasteiger partial charge in [0, 0.05) is 17.4 Å². The van der Waals surface area contributed by atoms with Gasteiger partial charge in [-0.1, -0.05) is 30.3 Å². The molecule has 4 heteroatoms. The second-order valence-electron chi connectivity index (χ2n) is 4.45. The summed E-state index contributed by atoms with van der Waals surface area (Å²) in [7, 11) is 0. The number of anilines is 2. The molecule has 0 saturated carbocycles. The average Bonchev–Trinajstić information content (AvgIpc) is 2.41. The molecule has 2 aromatic carbocycles. The Hall–Kier alpha value is -2.49. The van der Waals surface area contributed by atoms with Crippen molar-refractivity contribution in [2.75, 3.05) is 11.1 Å². The summed E-state index contributed by atoms with van der Waals surface area (Å²) in [6.07, 6.45) is 0. The normalized spacial score (nSPS) is 11.8. The highest BCUT2D eigenvalue weighted by Gasteiger charge is 2.11. The number of hydrogen-bond donors (Lipinski definition) is 3. The van der Waals surface area contributed by atoms with Crippen molar-refractivity contribution in [1.82, 2.24) is 0 Å². The number of nitrogens with two attached hydrogens (primary N) is 2. The number of carbonyl (C=O) groups is 1. The standard InChI is InChI=1S/C15H17N3O/c1-10(11-5-3-2-4-6-11)18-14-8-7-12(16)9-13(14)15(17)19/h2-10,18H,16H2,1H3,(H2,17,19)/t10-/m0/s1. The topological polar surface area (TPSA) is 81.1 Å². The summed E-state index contributed by atoms with van der Waals surface area (Å²) in [5.74, 6) is -0.491. The number of benzene rings is 2. The van der Waals surface area contributed by atoms with Crippen LogP contribution in [0, 0.1) is 0 Å². The van der Waals surface area contributed by atoms with E-state index in [0.717, 1.165) is 5.56 Å². The minimum absolute atomic E-state index is 0.0722. The molecule has 0 fully saturated rings. The second-order valence-corrected chi connectivity index (χ2v) is 4.45. The maximum absolute atomic E-state index is 11.4. The van der Waals surface area contributed by atoms with E-state index in [2.05, 4.69) is 5.32 Å². The van der Waals surface area contributed by atoms with Gasteiger partial charge in [-0.25, -0.2) is 0 Å². The van der Waals surface area contributed by atoms with E-state index in [1.165, 1.54) is 0 Å². The maximum atomic E-state index is 11.4. The molecule has 0 heterocycles. The molecule has 0 aliphatic carbocycles. The zero-order valence-electron chi connectivity index (χ0n) is 10.8. The van der Waals surface area contributed by atoms with Crippen LogP contribution in [0.3, 0.4) is 0 Å². The molecule has 0 saturated heterocycles. The van der Waals surface area contributed by atoms with E-state index in [4.69, 9.17) is 11.5 Å². The van der Waals surface area contributed by atoms with Crippen molar-refractivity contribution in [1.29, 1.82) is 0 Å². The molecule has 2 aromatic rings. The summed E-state index contributed by atoms with van der Waals surface area (Å²) in [6, 6.07) is 15.1. The number of primary amides is 1. The van der Waals surface area contributed by atoms with Crippen LogP contribution in [0.1, 0.15) is 28.9 Å². The number of nitrogen functional groups attached to an aromatic ring is 1. The number of amides is 1. The first-order valence-electron chi connectivity index (χ1n) is 6.08. The summed E-state index contributed by atoms with van der Waals surface area (Å²) < 4.78 is 0. The van der Waals surface area contributed by atoms with Crippen molar-refractivity contribution in [3.05, 3.63) is 59.7 Å². The summed E-state index contributed by atoms with van der Waals surface area (Å²) in [4.78, 5) is 11.4. The first-order valence-corrected chi connectivity index (χ1v) is 6.08. The quantitative estimate of drug-likeness (QED) is 0.734. The van der Waals surface area contributed by atoms with E-state index in [9.17, 15) is 4.79 Å². The third kappa shape index (κ3) is 3.04. The fourth-order valence-corrected chi connectivity index (χ4v) is 1.95. The van der Waals surface area contributed by atoms with Crippen molar-refractivity contribution < 1.29 is 4.79 Å². The Morgan fingerprint density at radius 1 is 1.16 bits per heavy atom. The van der Waals surface area contributed by atoms with Crippen LogP contribution in [0.25, 0.3) is 0 Å².